The van der Waals surface area contributed by atoms with Gasteiger partial charge < -0.3 is 9.47 Å². The van der Waals surface area contributed by atoms with Gasteiger partial charge in [0.05, 0.1) is 18.8 Å². The van der Waals surface area contributed by atoms with E-state index in [2.05, 4.69) is 37.9 Å². The SMILES string of the molecule is CC(C)(C)c1ccc(OCCCOC(=O)c2cccnc2)cc1. The lowest BCUT2D eigenvalue weighted by atomic mass is 9.87. The van der Waals surface area contributed by atoms with Crippen LogP contribution in [0.15, 0.2) is 48.8 Å². The summed E-state index contributed by atoms with van der Waals surface area (Å²) in [5.74, 6) is 0.476. The molecule has 0 radical (unpaired) electrons. The molecule has 0 N–H and O–H groups in total. The zero-order chi connectivity index (χ0) is 16.7. The second kappa shape index (κ2) is 7.77. The van der Waals surface area contributed by atoms with Crippen molar-refractivity contribution in [3.05, 3.63) is 59.9 Å². The standard InChI is InChI=1S/C19H23NO3/c1-19(2,3)16-7-9-17(10-8-16)22-12-5-13-23-18(21)15-6-4-11-20-14-15/h4,6-11,14H,5,12-13H2,1-3H3. The Labute approximate surface area is 137 Å². The highest BCUT2D eigenvalue weighted by molar-refractivity contribution is 5.88. The molecule has 0 unspecified atom stereocenters. The summed E-state index contributed by atoms with van der Waals surface area (Å²) in [7, 11) is 0. The highest BCUT2D eigenvalue weighted by Gasteiger charge is 2.12. The number of hydrogen-bond acceptors (Lipinski definition) is 4. The number of pyridine rings is 1. The van der Waals surface area contributed by atoms with Gasteiger partial charge in [-0.1, -0.05) is 32.9 Å². The van der Waals surface area contributed by atoms with E-state index >= 15 is 0 Å². The fourth-order valence-electron chi connectivity index (χ4n) is 2.03. The van der Waals surface area contributed by atoms with Gasteiger partial charge in [0.1, 0.15) is 5.75 Å². The number of carbonyl (C=O) groups is 1. The Morgan fingerprint density at radius 3 is 2.43 bits per heavy atom. The summed E-state index contributed by atoms with van der Waals surface area (Å²) in [4.78, 5) is 15.6. The molecule has 2 rings (SSSR count). The van der Waals surface area contributed by atoms with E-state index in [4.69, 9.17) is 9.47 Å². The predicted octanol–water partition coefficient (Wildman–Crippen LogP) is 4.01. The summed E-state index contributed by atoms with van der Waals surface area (Å²) in [5, 5.41) is 0. The topological polar surface area (TPSA) is 48.4 Å². The van der Waals surface area contributed by atoms with Crippen molar-refractivity contribution in [1.29, 1.82) is 0 Å². The Morgan fingerprint density at radius 2 is 1.83 bits per heavy atom. The number of rotatable bonds is 6. The van der Waals surface area contributed by atoms with E-state index in [9.17, 15) is 4.79 Å². The maximum atomic E-state index is 11.7. The van der Waals surface area contributed by atoms with Gasteiger partial charge in [-0.2, -0.15) is 0 Å². The van der Waals surface area contributed by atoms with Crippen LogP contribution in [-0.2, 0) is 10.2 Å². The molecule has 0 spiro atoms. The molecule has 23 heavy (non-hydrogen) atoms. The van der Waals surface area contributed by atoms with Crippen LogP contribution in [0.3, 0.4) is 0 Å². The second-order valence-electron chi connectivity index (χ2n) is 6.35. The van der Waals surface area contributed by atoms with E-state index in [0.717, 1.165) is 5.75 Å². The van der Waals surface area contributed by atoms with Crippen molar-refractivity contribution >= 4 is 5.97 Å². The summed E-state index contributed by atoms with van der Waals surface area (Å²) in [6, 6.07) is 11.5. The Kier molecular flexibility index (Phi) is 5.74. The third-order valence-electron chi connectivity index (χ3n) is 3.41. The molecular weight excluding hydrogens is 290 g/mol. The van der Waals surface area contributed by atoms with Gasteiger partial charge >= 0.3 is 5.97 Å². The molecule has 4 nitrogen and oxygen atoms in total. The molecule has 0 aliphatic carbocycles. The maximum Gasteiger partial charge on any atom is 0.339 e. The van der Waals surface area contributed by atoms with Crippen molar-refractivity contribution in [3.63, 3.8) is 0 Å². The van der Waals surface area contributed by atoms with Crippen molar-refractivity contribution in [2.75, 3.05) is 13.2 Å². The number of ether oxygens (including phenoxy) is 2. The molecule has 2 aromatic rings. The van der Waals surface area contributed by atoms with E-state index in [-0.39, 0.29) is 11.4 Å². The van der Waals surface area contributed by atoms with E-state index in [1.807, 2.05) is 12.1 Å². The van der Waals surface area contributed by atoms with Gasteiger partial charge in [0, 0.05) is 18.8 Å². The normalized spacial score (nSPS) is 11.1. The molecule has 0 amide bonds. The minimum atomic E-state index is -0.354. The highest BCUT2D eigenvalue weighted by atomic mass is 16.5. The molecule has 1 heterocycles. The average Bonchev–Trinajstić information content (AvgIpc) is 2.55. The van der Waals surface area contributed by atoms with Crippen molar-refractivity contribution in [3.8, 4) is 5.75 Å². The summed E-state index contributed by atoms with van der Waals surface area (Å²) < 4.78 is 10.8. The molecule has 0 saturated carbocycles. The summed E-state index contributed by atoms with van der Waals surface area (Å²) in [6.07, 6.45) is 3.76. The molecular formula is C19H23NO3. The quantitative estimate of drug-likeness (QED) is 0.597. The van der Waals surface area contributed by atoms with Crippen molar-refractivity contribution in [1.82, 2.24) is 4.98 Å². The number of nitrogens with zero attached hydrogens (tertiary/aromatic N) is 1. The third-order valence-corrected chi connectivity index (χ3v) is 3.41. The zero-order valence-electron chi connectivity index (χ0n) is 13.9. The van der Waals surface area contributed by atoms with Gasteiger partial charge in [0.2, 0.25) is 0 Å². The molecule has 0 atom stereocenters. The van der Waals surface area contributed by atoms with Crippen LogP contribution in [0.5, 0.6) is 5.75 Å². The minimum Gasteiger partial charge on any atom is -0.493 e. The van der Waals surface area contributed by atoms with Crippen LogP contribution in [0.1, 0.15) is 43.1 Å². The van der Waals surface area contributed by atoms with Crippen molar-refractivity contribution in [2.45, 2.75) is 32.6 Å². The van der Waals surface area contributed by atoms with Crippen molar-refractivity contribution in [2.24, 2.45) is 0 Å². The van der Waals surface area contributed by atoms with Crippen LogP contribution in [0.2, 0.25) is 0 Å². The first-order valence-corrected chi connectivity index (χ1v) is 7.77. The van der Waals surface area contributed by atoms with E-state index in [0.29, 0.717) is 25.2 Å². The Balaban J connectivity index is 1.69. The lowest BCUT2D eigenvalue weighted by molar-refractivity contribution is 0.0485. The fraction of sp³-hybridized carbons (Fsp3) is 0.368. The number of benzene rings is 1. The molecule has 1 aromatic carbocycles. The number of hydrogen-bond donors (Lipinski definition) is 0. The molecule has 122 valence electrons. The van der Waals surface area contributed by atoms with Gasteiger partial charge in [0.15, 0.2) is 0 Å². The lowest BCUT2D eigenvalue weighted by Gasteiger charge is -2.19. The van der Waals surface area contributed by atoms with Gasteiger partial charge in [-0.05, 0) is 35.2 Å². The van der Waals surface area contributed by atoms with Crippen LogP contribution < -0.4 is 4.74 Å². The first-order valence-electron chi connectivity index (χ1n) is 7.77. The first-order chi connectivity index (χ1) is 11.0. The highest BCUT2D eigenvalue weighted by Crippen LogP contribution is 2.24. The van der Waals surface area contributed by atoms with E-state index in [1.165, 1.54) is 11.8 Å². The number of esters is 1. The second-order valence-corrected chi connectivity index (χ2v) is 6.35. The van der Waals surface area contributed by atoms with Gasteiger partial charge in [-0.15, -0.1) is 0 Å². The molecule has 0 fully saturated rings. The van der Waals surface area contributed by atoms with E-state index < -0.39 is 0 Å². The van der Waals surface area contributed by atoms with Crippen molar-refractivity contribution < 1.29 is 14.3 Å². The van der Waals surface area contributed by atoms with E-state index in [1.54, 1.807) is 18.3 Å². The third kappa shape index (κ3) is 5.40. The van der Waals surface area contributed by atoms with Gasteiger partial charge in [-0.3, -0.25) is 4.98 Å². The van der Waals surface area contributed by atoms with Crippen LogP contribution in [0, 0.1) is 0 Å². The predicted molar refractivity (Wildman–Crippen MR) is 89.8 cm³/mol. The molecule has 1 aromatic heterocycles. The molecule has 0 saturated heterocycles. The summed E-state index contributed by atoms with van der Waals surface area (Å²) in [5.41, 5.74) is 1.88. The Bertz CT molecular complexity index is 615. The fourth-order valence-corrected chi connectivity index (χ4v) is 2.03. The monoisotopic (exact) mass is 313 g/mol. The summed E-state index contributed by atoms with van der Waals surface area (Å²) >= 11 is 0. The molecule has 0 aliphatic heterocycles. The van der Waals surface area contributed by atoms with Crippen LogP contribution in [-0.4, -0.2) is 24.2 Å². The van der Waals surface area contributed by atoms with Gasteiger partial charge in [0.25, 0.3) is 0 Å². The molecule has 0 bridgehead atoms. The molecule has 4 heteroatoms. The average molecular weight is 313 g/mol. The summed E-state index contributed by atoms with van der Waals surface area (Å²) in [6.45, 7) is 7.38. The smallest absolute Gasteiger partial charge is 0.339 e. The number of aromatic nitrogens is 1. The van der Waals surface area contributed by atoms with Gasteiger partial charge in [-0.25, -0.2) is 4.79 Å². The Hall–Kier alpha value is -2.36. The van der Waals surface area contributed by atoms with Crippen LogP contribution >= 0.6 is 0 Å². The zero-order valence-corrected chi connectivity index (χ0v) is 13.9. The van der Waals surface area contributed by atoms with Crippen LogP contribution in [0.25, 0.3) is 0 Å². The first kappa shape index (κ1) is 17.0. The maximum absolute atomic E-state index is 11.7. The largest absolute Gasteiger partial charge is 0.493 e. The molecule has 0 aliphatic rings. The lowest BCUT2D eigenvalue weighted by Crippen LogP contribution is -2.11. The minimum absolute atomic E-state index is 0.138. The van der Waals surface area contributed by atoms with Crippen LogP contribution in [0.4, 0.5) is 0 Å². The number of carbonyl (C=O) groups excluding carboxylic acids is 1. The Morgan fingerprint density at radius 1 is 1.09 bits per heavy atom.